The summed E-state index contributed by atoms with van der Waals surface area (Å²) in [7, 11) is -2.19. The van der Waals surface area contributed by atoms with E-state index in [1.807, 2.05) is 12.1 Å². The highest BCUT2D eigenvalue weighted by molar-refractivity contribution is 7.93. The number of aliphatic hydroxyl groups is 4. The van der Waals surface area contributed by atoms with Gasteiger partial charge in [0.15, 0.2) is 11.2 Å². The molecule has 2 fully saturated rings. The van der Waals surface area contributed by atoms with E-state index in [-0.39, 0.29) is 0 Å². The zero-order valence-electron chi connectivity index (χ0n) is 17.6. The highest BCUT2D eigenvalue weighted by Gasteiger charge is 2.43. The van der Waals surface area contributed by atoms with Crippen molar-refractivity contribution in [3.05, 3.63) is 34.7 Å². The lowest BCUT2D eigenvalue weighted by Crippen LogP contribution is -2.59. The van der Waals surface area contributed by atoms with Crippen LogP contribution in [0.5, 0.6) is 0 Å². The fourth-order valence-electron chi connectivity index (χ4n) is 3.54. The molecule has 0 amide bonds. The Kier molecular flexibility index (Phi) is 7.86. The van der Waals surface area contributed by atoms with Crippen molar-refractivity contribution in [1.29, 1.82) is 5.26 Å². The van der Waals surface area contributed by atoms with E-state index in [0.29, 0.717) is 5.56 Å². The predicted octanol–water partition coefficient (Wildman–Crippen LogP) is -1.98. The zero-order chi connectivity index (χ0) is 23.5. The first kappa shape index (κ1) is 24.6. The number of hydrogen-bond acceptors (Lipinski definition) is 10. The van der Waals surface area contributed by atoms with Crippen LogP contribution in [-0.2, 0) is 14.8 Å². The van der Waals surface area contributed by atoms with Crippen molar-refractivity contribution in [3.8, 4) is 6.07 Å². The van der Waals surface area contributed by atoms with Crippen LogP contribution in [0.25, 0.3) is 6.08 Å². The lowest BCUT2D eigenvalue weighted by atomic mass is 9.99. The zero-order valence-corrected chi connectivity index (χ0v) is 18.4. The van der Waals surface area contributed by atoms with Gasteiger partial charge in [-0.3, -0.25) is 0 Å². The Labute approximate surface area is 186 Å². The molecule has 176 valence electrons. The van der Waals surface area contributed by atoms with E-state index < -0.39 is 52.2 Å². The number of piperazine rings is 1. The highest BCUT2D eigenvalue weighted by atomic mass is 32.2. The minimum Gasteiger partial charge on any atom is -0.388 e. The summed E-state index contributed by atoms with van der Waals surface area (Å²) in [5, 5.41) is 48.1. The van der Waals surface area contributed by atoms with Gasteiger partial charge >= 0.3 is 0 Å². The summed E-state index contributed by atoms with van der Waals surface area (Å²) in [6.45, 7) is 3.17. The second kappa shape index (κ2) is 10.2. The van der Waals surface area contributed by atoms with E-state index in [0.717, 1.165) is 31.9 Å². The molecule has 5 N–H and O–H groups in total. The van der Waals surface area contributed by atoms with Gasteiger partial charge in [0.05, 0.1) is 0 Å². The molecule has 0 spiro atoms. The molecule has 2 heterocycles. The average molecular weight is 469 g/mol. The maximum Gasteiger partial charge on any atom is 0.250 e. The molecule has 2 aliphatic rings. The molecular weight excluding hydrogens is 440 g/mol. The minimum atomic E-state index is -4.26. The lowest BCUT2D eigenvalue weighted by molar-refractivity contribution is -0.279. The monoisotopic (exact) mass is 468 g/mol. The first-order chi connectivity index (χ1) is 15.1. The molecule has 2 aliphatic heterocycles. The van der Waals surface area contributed by atoms with E-state index in [1.165, 1.54) is 6.08 Å². The molecule has 2 saturated heterocycles. The van der Waals surface area contributed by atoms with Gasteiger partial charge in [0.25, 0.3) is 10.0 Å². The third kappa shape index (κ3) is 5.64. The average Bonchev–Trinajstić information content (AvgIpc) is 2.78. The molecule has 11 nitrogen and oxygen atoms in total. The van der Waals surface area contributed by atoms with Crippen molar-refractivity contribution >= 4 is 21.8 Å². The molecule has 3 rings (SSSR count). The van der Waals surface area contributed by atoms with Crippen LogP contribution in [0.4, 0.5) is 5.69 Å². The number of anilines is 1. The van der Waals surface area contributed by atoms with E-state index in [1.54, 1.807) is 18.2 Å². The fraction of sp³-hybridized carbons (Fsp3) is 0.550. The Balaban J connectivity index is 1.66. The third-order valence-corrected chi connectivity index (χ3v) is 6.96. The molecule has 1 aromatic rings. The Morgan fingerprint density at radius 2 is 1.75 bits per heavy atom. The van der Waals surface area contributed by atoms with Crippen LogP contribution in [0.2, 0.25) is 0 Å². The van der Waals surface area contributed by atoms with Crippen molar-refractivity contribution in [3.63, 3.8) is 0 Å². The predicted molar refractivity (Wildman–Crippen MR) is 116 cm³/mol. The summed E-state index contributed by atoms with van der Waals surface area (Å²) in [6.07, 6.45) is -6.94. The van der Waals surface area contributed by atoms with Crippen molar-refractivity contribution < 1.29 is 33.6 Å². The second-order valence-electron chi connectivity index (χ2n) is 7.89. The number of aliphatic hydroxyl groups excluding tert-OH is 4. The van der Waals surface area contributed by atoms with Crippen molar-refractivity contribution in [1.82, 2.24) is 9.62 Å². The van der Waals surface area contributed by atoms with Gasteiger partial charge in [-0.05, 0) is 30.8 Å². The fourth-order valence-corrected chi connectivity index (χ4v) is 4.49. The molecule has 12 heteroatoms. The van der Waals surface area contributed by atoms with Crippen molar-refractivity contribution in [2.45, 2.75) is 30.7 Å². The molecule has 0 saturated carbocycles. The molecule has 32 heavy (non-hydrogen) atoms. The lowest BCUT2D eigenvalue weighted by Gasteiger charge is -2.38. The number of hydrogen-bond donors (Lipinski definition) is 5. The molecule has 1 unspecified atom stereocenters. The van der Waals surface area contributed by atoms with Gasteiger partial charge in [-0.15, -0.1) is 0 Å². The SMILES string of the molecule is CN1CCN(c2ccc(/C=C(\C#N)S(=O)(=O)NC[C@H]3OC(O)[C@H](O)[C@@H](O)[C@@H]3O)cc2)CC1. The van der Waals surface area contributed by atoms with Crippen LogP contribution in [0.1, 0.15) is 5.56 Å². The van der Waals surface area contributed by atoms with E-state index >= 15 is 0 Å². The number of nitrogens with one attached hydrogen (secondary N) is 1. The molecule has 0 aliphatic carbocycles. The summed E-state index contributed by atoms with van der Waals surface area (Å²) in [4.78, 5) is 3.92. The number of sulfonamides is 1. The first-order valence-electron chi connectivity index (χ1n) is 10.1. The van der Waals surface area contributed by atoms with E-state index in [2.05, 4.69) is 21.6 Å². The summed E-state index contributed by atoms with van der Waals surface area (Å²) in [5.74, 6) is 0. The van der Waals surface area contributed by atoms with Crippen molar-refractivity contribution in [2.24, 2.45) is 0 Å². The number of nitrogens with zero attached hydrogens (tertiary/aromatic N) is 3. The van der Waals surface area contributed by atoms with Crippen molar-refractivity contribution in [2.75, 3.05) is 44.7 Å². The smallest absolute Gasteiger partial charge is 0.250 e. The van der Waals surface area contributed by atoms with Crippen LogP contribution in [-0.4, -0.2) is 104 Å². The second-order valence-corrected chi connectivity index (χ2v) is 9.63. The Bertz CT molecular complexity index is 955. The van der Waals surface area contributed by atoms with Gasteiger partial charge in [-0.1, -0.05) is 12.1 Å². The van der Waals surface area contributed by atoms with E-state index in [4.69, 9.17) is 4.74 Å². The Morgan fingerprint density at radius 1 is 1.12 bits per heavy atom. The molecule has 1 aromatic carbocycles. The van der Waals surface area contributed by atoms with Gasteiger partial charge in [0, 0.05) is 38.4 Å². The van der Waals surface area contributed by atoms with Gasteiger partial charge in [-0.2, -0.15) is 5.26 Å². The third-order valence-electron chi connectivity index (χ3n) is 5.62. The van der Waals surface area contributed by atoms with Crippen LogP contribution in [0.15, 0.2) is 29.2 Å². The first-order valence-corrected chi connectivity index (χ1v) is 11.6. The quantitative estimate of drug-likeness (QED) is 0.295. The number of allylic oxidation sites excluding steroid dienone is 1. The maximum atomic E-state index is 12.6. The summed E-state index contributed by atoms with van der Waals surface area (Å²) in [5.41, 5.74) is 1.53. The normalized spacial score (nSPS) is 30.2. The summed E-state index contributed by atoms with van der Waals surface area (Å²) >= 11 is 0. The number of likely N-dealkylation sites (N-methyl/N-ethyl adjacent to an activating group) is 1. The molecule has 0 radical (unpaired) electrons. The van der Waals surface area contributed by atoms with Gasteiger partial charge in [0.2, 0.25) is 0 Å². The number of ether oxygens (including phenoxy) is 1. The Hall–Kier alpha value is -2.08. The largest absolute Gasteiger partial charge is 0.388 e. The number of rotatable bonds is 6. The van der Waals surface area contributed by atoms with E-state index in [9.17, 15) is 34.1 Å². The summed E-state index contributed by atoms with van der Waals surface area (Å²) in [6, 6.07) is 8.83. The molecular formula is C20H28N4O7S. The standard InChI is InChI=1S/C20H28N4O7S/c1-23-6-8-24(9-7-23)14-4-2-13(3-5-14)10-15(11-21)32(29,30)22-12-16-17(25)18(26)19(27)20(28)31-16/h2-5,10,16-20,22,25-28H,6-9,12H2,1H3/b15-10+/t16-,17-,18+,19-,20?/m1/s1. The van der Waals surface area contributed by atoms with Gasteiger partial charge in [-0.25, -0.2) is 13.1 Å². The maximum absolute atomic E-state index is 12.6. The van der Waals surface area contributed by atoms with Gasteiger partial charge in [0.1, 0.15) is 30.5 Å². The van der Waals surface area contributed by atoms with Crippen LogP contribution in [0.3, 0.4) is 0 Å². The Morgan fingerprint density at radius 3 is 2.34 bits per heavy atom. The van der Waals surface area contributed by atoms with Crippen LogP contribution < -0.4 is 9.62 Å². The molecule has 0 aromatic heterocycles. The van der Waals surface area contributed by atoms with Crippen LogP contribution in [0, 0.1) is 11.3 Å². The number of benzene rings is 1. The topological polar surface area (TPSA) is 167 Å². The summed E-state index contributed by atoms with van der Waals surface area (Å²) < 4.78 is 32.2. The molecule has 5 atom stereocenters. The van der Waals surface area contributed by atoms with Crippen LogP contribution >= 0.6 is 0 Å². The highest BCUT2D eigenvalue weighted by Crippen LogP contribution is 2.21. The minimum absolute atomic E-state index is 0.521. The molecule has 0 bridgehead atoms. The van der Waals surface area contributed by atoms with Gasteiger partial charge < -0.3 is 35.0 Å². The number of nitriles is 1.